The van der Waals surface area contributed by atoms with E-state index in [0.717, 1.165) is 0 Å². The molecule has 2 rings (SSSR count). The van der Waals surface area contributed by atoms with Gasteiger partial charge in [-0.05, 0) is 44.7 Å². The van der Waals surface area contributed by atoms with Gasteiger partial charge >= 0.3 is 0 Å². The fourth-order valence-electron chi connectivity index (χ4n) is 3.22. The molecule has 0 amide bonds. The van der Waals surface area contributed by atoms with E-state index in [2.05, 4.69) is 61.3 Å². The highest BCUT2D eigenvalue weighted by Crippen LogP contribution is 2.17. The van der Waals surface area contributed by atoms with Gasteiger partial charge in [0.05, 0.1) is 0 Å². The first-order valence-electron chi connectivity index (χ1n) is 8.19. The molecule has 1 aliphatic heterocycles. The molecule has 1 heterocycles. The van der Waals surface area contributed by atoms with Crippen LogP contribution in [0.15, 0.2) is 30.3 Å². The van der Waals surface area contributed by atoms with Crippen molar-refractivity contribution in [1.29, 1.82) is 0 Å². The Morgan fingerprint density at radius 2 is 1.95 bits per heavy atom. The lowest BCUT2D eigenvalue weighted by Crippen LogP contribution is -2.50. The molecular formula is C18H30N2. The van der Waals surface area contributed by atoms with Crippen molar-refractivity contribution in [2.24, 2.45) is 0 Å². The van der Waals surface area contributed by atoms with Gasteiger partial charge in [-0.25, -0.2) is 0 Å². The summed E-state index contributed by atoms with van der Waals surface area (Å²) in [6, 6.07) is 12.8. The first kappa shape index (κ1) is 15.5. The summed E-state index contributed by atoms with van der Waals surface area (Å²) in [5, 5.41) is 3.70. The van der Waals surface area contributed by atoms with Gasteiger partial charge in [-0.1, -0.05) is 44.2 Å². The number of hydrogen-bond acceptors (Lipinski definition) is 2. The van der Waals surface area contributed by atoms with Crippen LogP contribution in [0.4, 0.5) is 0 Å². The van der Waals surface area contributed by atoms with Crippen LogP contribution < -0.4 is 5.32 Å². The molecule has 2 heteroatoms. The average Bonchev–Trinajstić information content (AvgIpc) is 2.45. The van der Waals surface area contributed by atoms with Gasteiger partial charge in [0.15, 0.2) is 0 Å². The Kier molecular flexibility index (Phi) is 6.06. The Labute approximate surface area is 124 Å². The molecule has 112 valence electrons. The van der Waals surface area contributed by atoms with Gasteiger partial charge in [-0.15, -0.1) is 0 Å². The number of rotatable bonds is 6. The van der Waals surface area contributed by atoms with E-state index in [1.54, 1.807) is 0 Å². The predicted octanol–water partition coefficient (Wildman–Crippen LogP) is 3.47. The maximum atomic E-state index is 3.70. The molecule has 1 saturated heterocycles. The first-order chi connectivity index (χ1) is 9.65. The van der Waals surface area contributed by atoms with Gasteiger partial charge in [0.1, 0.15) is 0 Å². The maximum absolute atomic E-state index is 3.70. The molecule has 0 spiro atoms. The fourth-order valence-corrected chi connectivity index (χ4v) is 3.22. The van der Waals surface area contributed by atoms with Gasteiger partial charge in [0.25, 0.3) is 0 Å². The molecule has 1 aliphatic rings. The molecule has 2 unspecified atom stereocenters. The minimum atomic E-state index is 0.597. The smallest absolute Gasteiger partial charge is 0.0197 e. The molecule has 2 atom stereocenters. The highest BCUT2D eigenvalue weighted by Gasteiger charge is 2.23. The Balaban J connectivity index is 1.78. The molecular weight excluding hydrogens is 244 g/mol. The lowest BCUT2D eigenvalue weighted by Gasteiger charge is -2.38. The zero-order chi connectivity index (χ0) is 14.4. The Morgan fingerprint density at radius 1 is 1.20 bits per heavy atom. The van der Waals surface area contributed by atoms with Gasteiger partial charge in [0.2, 0.25) is 0 Å². The van der Waals surface area contributed by atoms with Gasteiger partial charge in [0, 0.05) is 24.7 Å². The monoisotopic (exact) mass is 274 g/mol. The van der Waals surface area contributed by atoms with Crippen LogP contribution in [0.25, 0.3) is 0 Å². The SMILES string of the molecule is CC(C)NC1CCCN(C(C)CCc2ccccc2)C1. The molecule has 1 aromatic carbocycles. The summed E-state index contributed by atoms with van der Waals surface area (Å²) >= 11 is 0. The lowest BCUT2D eigenvalue weighted by atomic mass is 10.00. The number of nitrogens with zero attached hydrogens (tertiary/aromatic N) is 1. The van der Waals surface area contributed by atoms with Crippen molar-refractivity contribution in [3.63, 3.8) is 0 Å². The second-order valence-corrected chi connectivity index (χ2v) is 6.53. The van der Waals surface area contributed by atoms with Crippen molar-refractivity contribution >= 4 is 0 Å². The summed E-state index contributed by atoms with van der Waals surface area (Å²) in [5.74, 6) is 0. The Bertz CT molecular complexity index is 374. The molecule has 0 radical (unpaired) electrons. The van der Waals surface area contributed by atoms with Crippen LogP contribution in [0.3, 0.4) is 0 Å². The molecule has 20 heavy (non-hydrogen) atoms. The summed E-state index contributed by atoms with van der Waals surface area (Å²) in [5.41, 5.74) is 1.47. The summed E-state index contributed by atoms with van der Waals surface area (Å²) in [7, 11) is 0. The number of piperidine rings is 1. The van der Waals surface area contributed by atoms with Crippen molar-refractivity contribution in [2.45, 2.75) is 64.6 Å². The molecule has 1 fully saturated rings. The van der Waals surface area contributed by atoms with Crippen molar-refractivity contribution in [3.05, 3.63) is 35.9 Å². The van der Waals surface area contributed by atoms with Crippen molar-refractivity contribution in [3.8, 4) is 0 Å². The molecule has 0 aliphatic carbocycles. The third-order valence-corrected chi connectivity index (χ3v) is 4.34. The third kappa shape index (κ3) is 4.92. The van der Waals surface area contributed by atoms with Crippen molar-refractivity contribution in [2.75, 3.05) is 13.1 Å². The largest absolute Gasteiger partial charge is 0.311 e. The number of likely N-dealkylation sites (tertiary alicyclic amines) is 1. The molecule has 2 nitrogen and oxygen atoms in total. The number of hydrogen-bond donors (Lipinski definition) is 1. The number of benzene rings is 1. The molecule has 0 saturated carbocycles. The van der Waals surface area contributed by atoms with E-state index < -0.39 is 0 Å². The quantitative estimate of drug-likeness (QED) is 0.854. The second-order valence-electron chi connectivity index (χ2n) is 6.53. The first-order valence-corrected chi connectivity index (χ1v) is 8.19. The lowest BCUT2D eigenvalue weighted by molar-refractivity contribution is 0.136. The van der Waals surface area contributed by atoms with E-state index in [9.17, 15) is 0 Å². The van der Waals surface area contributed by atoms with Crippen LogP contribution in [-0.4, -0.2) is 36.1 Å². The summed E-state index contributed by atoms with van der Waals surface area (Å²) < 4.78 is 0. The van der Waals surface area contributed by atoms with Crippen LogP contribution >= 0.6 is 0 Å². The van der Waals surface area contributed by atoms with E-state index in [1.807, 2.05) is 0 Å². The van der Waals surface area contributed by atoms with E-state index in [-0.39, 0.29) is 0 Å². The van der Waals surface area contributed by atoms with Crippen LogP contribution in [0, 0.1) is 0 Å². The zero-order valence-corrected chi connectivity index (χ0v) is 13.3. The van der Waals surface area contributed by atoms with Crippen LogP contribution in [0.2, 0.25) is 0 Å². The minimum absolute atomic E-state index is 0.597. The predicted molar refractivity (Wildman–Crippen MR) is 87.1 cm³/mol. The minimum Gasteiger partial charge on any atom is -0.311 e. The van der Waals surface area contributed by atoms with E-state index in [4.69, 9.17) is 0 Å². The van der Waals surface area contributed by atoms with Gasteiger partial charge < -0.3 is 5.32 Å². The maximum Gasteiger partial charge on any atom is 0.0197 e. The van der Waals surface area contributed by atoms with Crippen LogP contribution in [0.5, 0.6) is 0 Å². The number of aryl methyl sites for hydroxylation is 1. The molecule has 0 aromatic heterocycles. The standard InChI is InChI=1S/C18H30N2/c1-15(2)19-18-10-7-13-20(14-18)16(3)11-12-17-8-5-4-6-9-17/h4-6,8-9,15-16,18-19H,7,10-14H2,1-3H3. The third-order valence-electron chi connectivity index (χ3n) is 4.34. The summed E-state index contributed by atoms with van der Waals surface area (Å²) in [6.45, 7) is 9.37. The highest BCUT2D eigenvalue weighted by molar-refractivity contribution is 5.14. The molecule has 0 bridgehead atoms. The van der Waals surface area contributed by atoms with Crippen LogP contribution in [0.1, 0.15) is 45.6 Å². The van der Waals surface area contributed by atoms with Crippen LogP contribution in [-0.2, 0) is 6.42 Å². The normalized spacial score (nSPS) is 22.1. The summed E-state index contributed by atoms with van der Waals surface area (Å²) in [4.78, 5) is 2.67. The van der Waals surface area contributed by atoms with Gasteiger partial charge in [-0.3, -0.25) is 4.90 Å². The number of nitrogens with one attached hydrogen (secondary N) is 1. The zero-order valence-electron chi connectivity index (χ0n) is 13.3. The molecule has 1 aromatic rings. The summed E-state index contributed by atoms with van der Waals surface area (Å²) in [6.07, 6.45) is 5.12. The van der Waals surface area contributed by atoms with E-state index in [0.29, 0.717) is 18.1 Å². The molecule has 1 N–H and O–H groups in total. The van der Waals surface area contributed by atoms with E-state index >= 15 is 0 Å². The van der Waals surface area contributed by atoms with Gasteiger partial charge in [-0.2, -0.15) is 0 Å². The highest BCUT2D eigenvalue weighted by atomic mass is 15.2. The van der Waals surface area contributed by atoms with Crippen molar-refractivity contribution < 1.29 is 0 Å². The van der Waals surface area contributed by atoms with E-state index in [1.165, 1.54) is 44.3 Å². The average molecular weight is 274 g/mol. The topological polar surface area (TPSA) is 15.3 Å². The Hall–Kier alpha value is -0.860. The van der Waals surface area contributed by atoms with Crippen molar-refractivity contribution in [1.82, 2.24) is 10.2 Å². The Morgan fingerprint density at radius 3 is 2.65 bits per heavy atom. The fraction of sp³-hybridized carbons (Fsp3) is 0.667. The second kappa shape index (κ2) is 7.80.